The van der Waals surface area contributed by atoms with Gasteiger partial charge in [-0.15, -0.1) is 0 Å². The molecule has 1 heterocycles. The van der Waals surface area contributed by atoms with Gasteiger partial charge in [0.1, 0.15) is 6.54 Å². The van der Waals surface area contributed by atoms with E-state index >= 15 is 0 Å². The minimum absolute atomic E-state index is 0.0491. The summed E-state index contributed by atoms with van der Waals surface area (Å²) in [6.07, 6.45) is 0. The Morgan fingerprint density at radius 2 is 1.96 bits per heavy atom. The highest BCUT2D eigenvalue weighted by atomic mass is 16.5. The van der Waals surface area contributed by atoms with Crippen LogP contribution in [0.5, 0.6) is 0 Å². The highest BCUT2D eigenvalue weighted by molar-refractivity contribution is 5.87. The average molecular weight is 335 g/mol. The zero-order valence-corrected chi connectivity index (χ0v) is 13.5. The standard InChI is InChI=1S/C16H21N3O5/c1-24-9-8-18-6-7-19(11-14(18)20)16(23)17-10-12-2-4-13(5-3-12)15(21)22/h2-5H,6-11H2,1H3,(H,17,23)(H,21,22). The Morgan fingerprint density at radius 1 is 1.25 bits per heavy atom. The van der Waals surface area contributed by atoms with E-state index in [1.54, 1.807) is 24.1 Å². The predicted octanol–water partition coefficient (Wildman–Crippen LogP) is 0.385. The first-order valence-electron chi connectivity index (χ1n) is 7.63. The SMILES string of the molecule is COCCN1CCN(C(=O)NCc2ccc(C(=O)O)cc2)CC1=O. The smallest absolute Gasteiger partial charge is 0.335 e. The first-order chi connectivity index (χ1) is 11.5. The lowest BCUT2D eigenvalue weighted by atomic mass is 10.1. The van der Waals surface area contributed by atoms with Gasteiger partial charge in [-0.3, -0.25) is 4.79 Å². The third kappa shape index (κ3) is 4.69. The van der Waals surface area contributed by atoms with Crippen molar-refractivity contribution in [2.75, 3.05) is 39.9 Å². The summed E-state index contributed by atoms with van der Waals surface area (Å²) in [4.78, 5) is 38.1. The molecule has 24 heavy (non-hydrogen) atoms. The average Bonchev–Trinajstić information content (AvgIpc) is 2.59. The molecule has 0 saturated carbocycles. The van der Waals surface area contributed by atoms with E-state index in [1.807, 2.05) is 0 Å². The Labute approximate surface area is 140 Å². The van der Waals surface area contributed by atoms with E-state index in [1.165, 1.54) is 17.0 Å². The number of carbonyl (C=O) groups is 3. The van der Waals surface area contributed by atoms with Crippen molar-refractivity contribution >= 4 is 17.9 Å². The van der Waals surface area contributed by atoms with Crippen molar-refractivity contribution in [1.29, 1.82) is 0 Å². The highest BCUT2D eigenvalue weighted by Crippen LogP contribution is 2.06. The topological polar surface area (TPSA) is 99.2 Å². The Bertz CT molecular complexity index is 602. The van der Waals surface area contributed by atoms with Gasteiger partial charge in [-0.25, -0.2) is 9.59 Å². The van der Waals surface area contributed by atoms with Crippen molar-refractivity contribution in [1.82, 2.24) is 15.1 Å². The van der Waals surface area contributed by atoms with Gasteiger partial charge in [0.2, 0.25) is 5.91 Å². The number of carbonyl (C=O) groups excluding carboxylic acids is 2. The summed E-state index contributed by atoms with van der Waals surface area (Å²) in [5.74, 6) is -1.09. The number of aromatic carboxylic acids is 1. The van der Waals surface area contributed by atoms with E-state index < -0.39 is 5.97 Å². The molecule has 3 amide bonds. The van der Waals surface area contributed by atoms with Crippen LogP contribution in [0.2, 0.25) is 0 Å². The van der Waals surface area contributed by atoms with Crippen LogP contribution in [0.15, 0.2) is 24.3 Å². The zero-order valence-electron chi connectivity index (χ0n) is 13.5. The second-order valence-electron chi connectivity index (χ2n) is 5.46. The van der Waals surface area contributed by atoms with Crippen LogP contribution in [-0.2, 0) is 16.1 Å². The number of urea groups is 1. The van der Waals surface area contributed by atoms with E-state index in [-0.39, 0.29) is 30.6 Å². The van der Waals surface area contributed by atoms with Gasteiger partial charge in [-0.2, -0.15) is 0 Å². The maximum Gasteiger partial charge on any atom is 0.335 e. The maximum absolute atomic E-state index is 12.1. The lowest BCUT2D eigenvalue weighted by molar-refractivity contribution is -0.135. The van der Waals surface area contributed by atoms with Crippen molar-refractivity contribution in [3.63, 3.8) is 0 Å². The Balaban J connectivity index is 1.80. The van der Waals surface area contributed by atoms with Gasteiger partial charge >= 0.3 is 12.0 Å². The van der Waals surface area contributed by atoms with E-state index in [0.717, 1.165) is 5.56 Å². The molecule has 1 saturated heterocycles. The molecule has 0 aliphatic carbocycles. The van der Waals surface area contributed by atoms with Crippen molar-refractivity contribution < 1.29 is 24.2 Å². The quantitative estimate of drug-likeness (QED) is 0.783. The predicted molar refractivity (Wildman–Crippen MR) is 85.7 cm³/mol. The summed E-state index contributed by atoms with van der Waals surface area (Å²) in [6.45, 7) is 2.29. The number of carboxylic acid groups (broad SMARTS) is 1. The van der Waals surface area contributed by atoms with E-state index in [4.69, 9.17) is 9.84 Å². The molecule has 130 valence electrons. The van der Waals surface area contributed by atoms with Crippen molar-refractivity contribution in [3.05, 3.63) is 35.4 Å². The third-order valence-electron chi connectivity index (χ3n) is 3.82. The molecule has 0 unspecified atom stereocenters. The molecule has 0 radical (unpaired) electrons. The molecule has 0 atom stereocenters. The third-order valence-corrected chi connectivity index (χ3v) is 3.82. The van der Waals surface area contributed by atoms with Crippen LogP contribution in [-0.4, -0.2) is 72.7 Å². The van der Waals surface area contributed by atoms with Crippen LogP contribution in [0.1, 0.15) is 15.9 Å². The van der Waals surface area contributed by atoms with E-state index in [9.17, 15) is 14.4 Å². The Kier molecular flexibility index (Phi) is 6.14. The molecule has 0 bridgehead atoms. The van der Waals surface area contributed by atoms with Crippen LogP contribution < -0.4 is 5.32 Å². The minimum atomic E-state index is -0.990. The van der Waals surface area contributed by atoms with Gasteiger partial charge in [0.05, 0.1) is 12.2 Å². The van der Waals surface area contributed by atoms with Gasteiger partial charge in [-0.05, 0) is 17.7 Å². The summed E-state index contributed by atoms with van der Waals surface area (Å²) < 4.78 is 4.95. The molecule has 1 fully saturated rings. The number of amides is 3. The first kappa shape index (κ1) is 17.7. The number of ether oxygens (including phenoxy) is 1. The fourth-order valence-electron chi connectivity index (χ4n) is 2.37. The van der Waals surface area contributed by atoms with Gasteiger partial charge in [0.25, 0.3) is 0 Å². The van der Waals surface area contributed by atoms with Crippen LogP contribution in [0.4, 0.5) is 4.79 Å². The van der Waals surface area contributed by atoms with Crippen molar-refractivity contribution in [3.8, 4) is 0 Å². The minimum Gasteiger partial charge on any atom is -0.478 e. The second kappa shape index (κ2) is 8.30. The van der Waals surface area contributed by atoms with Crippen LogP contribution >= 0.6 is 0 Å². The van der Waals surface area contributed by atoms with Crippen molar-refractivity contribution in [2.45, 2.75) is 6.54 Å². The molecule has 0 spiro atoms. The first-order valence-corrected chi connectivity index (χ1v) is 7.63. The largest absolute Gasteiger partial charge is 0.478 e. The highest BCUT2D eigenvalue weighted by Gasteiger charge is 2.26. The number of nitrogens with zero attached hydrogens (tertiary/aromatic N) is 2. The number of hydrogen-bond acceptors (Lipinski definition) is 4. The van der Waals surface area contributed by atoms with E-state index in [2.05, 4.69) is 5.32 Å². The fraction of sp³-hybridized carbons (Fsp3) is 0.438. The molecule has 2 N–H and O–H groups in total. The molecule has 1 aliphatic heterocycles. The number of benzene rings is 1. The summed E-state index contributed by atoms with van der Waals surface area (Å²) in [5, 5.41) is 11.6. The number of methoxy groups -OCH3 is 1. The molecular weight excluding hydrogens is 314 g/mol. The van der Waals surface area contributed by atoms with Crippen molar-refractivity contribution in [2.24, 2.45) is 0 Å². The maximum atomic E-state index is 12.1. The molecule has 8 heteroatoms. The normalized spacial score (nSPS) is 14.6. The van der Waals surface area contributed by atoms with Crippen LogP contribution in [0, 0.1) is 0 Å². The number of hydrogen-bond donors (Lipinski definition) is 2. The second-order valence-corrected chi connectivity index (χ2v) is 5.46. The number of carboxylic acids is 1. The zero-order chi connectivity index (χ0) is 17.5. The lowest BCUT2D eigenvalue weighted by Crippen LogP contribution is -2.55. The van der Waals surface area contributed by atoms with E-state index in [0.29, 0.717) is 26.2 Å². The molecule has 8 nitrogen and oxygen atoms in total. The molecule has 1 aromatic carbocycles. The van der Waals surface area contributed by atoms with Gasteiger partial charge in [0, 0.05) is 33.3 Å². The molecular formula is C16H21N3O5. The molecule has 1 aromatic rings. The number of nitrogens with one attached hydrogen (secondary N) is 1. The molecule has 2 rings (SSSR count). The van der Waals surface area contributed by atoms with Gasteiger partial charge in [0.15, 0.2) is 0 Å². The van der Waals surface area contributed by atoms with Gasteiger partial charge in [-0.1, -0.05) is 12.1 Å². The Morgan fingerprint density at radius 3 is 2.54 bits per heavy atom. The summed E-state index contributed by atoms with van der Waals surface area (Å²) in [6, 6.07) is 5.97. The number of rotatable bonds is 6. The molecule has 1 aliphatic rings. The monoisotopic (exact) mass is 335 g/mol. The van der Waals surface area contributed by atoms with Crippen LogP contribution in [0.3, 0.4) is 0 Å². The number of piperazine rings is 1. The van der Waals surface area contributed by atoms with Gasteiger partial charge < -0.3 is 25.0 Å². The lowest BCUT2D eigenvalue weighted by Gasteiger charge is -2.34. The summed E-state index contributed by atoms with van der Waals surface area (Å²) in [5.41, 5.74) is 0.987. The fourth-order valence-corrected chi connectivity index (χ4v) is 2.37. The molecule has 0 aromatic heterocycles. The Hall–Kier alpha value is -2.61. The summed E-state index contributed by atoms with van der Waals surface area (Å²) >= 11 is 0. The van der Waals surface area contributed by atoms with Crippen LogP contribution in [0.25, 0.3) is 0 Å². The summed E-state index contributed by atoms with van der Waals surface area (Å²) in [7, 11) is 1.58.